The summed E-state index contributed by atoms with van der Waals surface area (Å²) in [7, 11) is -4.29. The standard InChI is InChI=1S/C20H12Cl3N5O4S/c21-13-7-5-11(9-15(13)23)24-19-20(26-17-4-2-1-3-16(17)25-19)27-33(31,32)12-6-8-14(22)18(10-12)28(29)30/h1-10H,(H,24,25)(H,26,27). The molecule has 0 radical (unpaired) electrons. The van der Waals surface area contributed by atoms with Gasteiger partial charge >= 0.3 is 0 Å². The molecular formula is C20H12Cl3N5O4S. The van der Waals surface area contributed by atoms with Crippen LogP contribution in [0.5, 0.6) is 0 Å². The zero-order chi connectivity index (χ0) is 23.8. The third kappa shape index (κ3) is 4.93. The van der Waals surface area contributed by atoms with Crippen LogP contribution in [0.3, 0.4) is 0 Å². The van der Waals surface area contributed by atoms with E-state index in [9.17, 15) is 18.5 Å². The van der Waals surface area contributed by atoms with Gasteiger partial charge in [-0.1, -0.05) is 46.9 Å². The average molecular weight is 525 g/mol. The number of nitro groups is 1. The summed E-state index contributed by atoms with van der Waals surface area (Å²) >= 11 is 17.8. The van der Waals surface area contributed by atoms with Crippen LogP contribution in [0.25, 0.3) is 11.0 Å². The van der Waals surface area contributed by atoms with Crippen molar-refractivity contribution in [1.82, 2.24) is 9.97 Å². The van der Waals surface area contributed by atoms with Gasteiger partial charge in [0.15, 0.2) is 11.6 Å². The highest BCUT2D eigenvalue weighted by molar-refractivity contribution is 7.92. The number of sulfonamides is 1. The van der Waals surface area contributed by atoms with E-state index in [1.807, 2.05) is 0 Å². The van der Waals surface area contributed by atoms with Crippen LogP contribution < -0.4 is 10.0 Å². The molecule has 0 saturated heterocycles. The molecule has 0 saturated carbocycles. The molecule has 1 aromatic heterocycles. The SMILES string of the molecule is O=[N+]([O-])c1cc(S(=O)(=O)Nc2nc3ccccc3nc2Nc2ccc(Cl)c(Cl)c2)ccc1Cl. The van der Waals surface area contributed by atoms with Crippen molar-refractivity contribution < 1.29 is 13.3 Å². The van der Waals surface area contributed by atoms with E-state index in [4.69, 9.17) is 34.8 Å². The smallest absolute Gasteiger partial charge is 0.289 e. The first-order chi connectivity index (χ1) is 15.6. The lowest BCUT2D eigenvalue weighted by Crippen LogP contribution is -2.16. The molecular weight excluding hydrogens is 513 g/mol. The van der Waals surface area contributed by atoms with Crippen molar-refractivity contribution in [3.8, 4) is 0 Å². The monoisotopic (exact) mass is 523 g/mol. The second kappa shape index (κ2) is 8.99. The van der Waals surface area contributed by atoms with Crippen LogP contribution in [0.1, 0.15) is 0 Å². The van der Waals surface area contributed by atoms with E-state index in [2.05, 4.69) is 20.0 Å². The Labute approximate surface area is 202 Å². The summed E-state index contributed by atoms with van der Waals surface area (Å²) in [5.41, 5.74) is 0.872. The molecule has 0 aliphatic heterocycles. The number of aromatic nitrogens is 2. The lowest BCUT2D eigenvalue weighted by molar-refractivity contribution is -0.384. The molecule has 0 spiro atoms. The first-order valence-electron chi connectivity index (χ1n) is 9.10. The Bertz CT molecular complexity index is 1520. The van der Waals surface area contributed by atoms with Gasteiger partial charge in [-0.25, -0.2) is 18.4 Å². The fraction of sp³-hybridized carbons (Fsp3) is 0. The Balaban J connectivity index is 1.79. The topological polar surface area (TPSA) is 127 Å². The predicted molar refractivity (Wildman–Crippen MR) is 128 cm³/mol. The summed E-state index contributed by atoms with van der Waals surface area (Å²) < 4.78 is 28.4. The number of hydrogen-bond donors (Lipinski definition) is 2. The maximum absolute atomic E-state index is 13.0. The van der Waals surface area contributed by atoms with Crippen LogP contribution in [0, 0.1) is 10.1 Å². The van der Waals surface area contributed by atoms with E-state index in [1.54, 1.807) is 42.5 Å². The number of benzene rings is 3. The second-order valence-electron chi connectivity index (χ2n) is 6.64. The maximum atomic E-state index is 13.0. The Morgan fingerprint density at radius 1 is 0.818 bits per heavy atom. The fourth-order valence-corrected chi connectivity index (χ4v) is 4.37. The first kappa shape index (κ1) is 23.0. The summed E-state index contributed by atoms with van der Waals surface area (Å²) in [5.74, 6) is -0.0449. The van der Waals surface area contributed by atoms with Crippen molar-refractivity contribution in [2.75, 3.05) is 10.0 Å². The molecule has 1 heterocycles. The highest BCUT2D eigenvalue weighted by Gasteiger charge is 2.23. The van der Waals surface area contributed by atoms with Gasteiger partial charge in [-0.15, -0.1) is 0 Å². The van der Waals surface area contributed by atoms with Gasteiger partial charge in [-0.05, 0) is 42.5 Å². The fourth-order valence-electron chi connectivity index (χ4n) is 2.85. The Hall–Kier alpha value is -3.18. The molecule has 0 atom stereocenters. The molecule has 4 aromatic rings. The number of anilines is 3. The summed E-state index contributed by atoms with van der Waals surface area (Å²) in [6, 6.07) is 14.8. The van der Waals surface area contributed by atoms with Crippen LogP contribution in [0.15, 0.2) is 65.6 Å². The minimum atomic E-state index is -4.29. The van der Waals surface area contributed by atoms with Crippen LogP contribution in [-0.4, -0.2) is 23.3 Å². The molecule has 0 aliphatic rings. The molecule has 0 amide bonds. The quantitative estimate of drug-likeness (QED) is 0.232. The molecule has 0 aliphatic carbocycles. The number of halogens is 3. The Morgan fingerprint density at radius 3 is 2.09 bits per heavy atom. The molecule has 33 heavy (non-hydrogen) atoms. The molecule has 3 aromatic carbocycles. The third-order valence-electron chi connectivity index (χ3n) is 4.41. The number of nitro benzene ring substituents is 1. The van der Waals surface area contributed by atoms with E-state index < -0.39 is 20.6 Å². The molecule has 168 valence electrons. The highest BCUT2D eigenvalue weighted by atomic mass is 35.5. The van der Waals surface area contributed by atoms with Gasteiger partial charge in [0.2, 0.25) is 0 Å². The summed E-state index contributed by atoms with van der Waals surface area (Å²) in [6.45, 7) is 0. The predicted octanol–water partition coefficient (Wildman–Crippen LogP) is 6.04. The Morgan fingerprint density at radius 2 is 1.45 bits per heavy atom. The number of nitrogens with one attached hydrogen (secondary N) is 2. The van der Waals surface area contributed by atoms with Gasteiger partial charge in [0.05, 0.1) is 30.9 Å². The normalized spacial score (nSPS) is 11.4. The van der Waals surface area contributed by atoms with Crippen molar-refractivity contribution in [3.63, 3.8) is 0 Å². The van der Waals surface area contributed by atoms with Crippen molar-refractivity contribution in [3.05, 3.63) is 85.8 Å². The van der Waals surface area contributed by atoms with Crippen molar-refractivity contribution in [1.29, 1.82) is 0 Å². The summed E-state index contributed by atoms with van der Waals surface area (Å²) in [5, 5.41) is 14.6. The van der Waals surface area contributed by atoms with Crippen molar-refractivity contribution in [2.45, 2.75) is 4.90 Å². The molecule has 2 N–H and O–H groups in total. The molecule has 0 unspecified atom stereocenters. The van der Waals surface area contributed by atoms with Crippen molar-refractivity contribution >= 4 is 78.9 Å². The van der Waals surface area contributed by atoms with Crippen LogP contribution >= 0.6 is 34.8 Å². The minimum Gasteiger partial charge on any atom is -0.337 e. The third-order valence-corrected chi connectivity index (χ3v) is 6.80. The zero-order valence-corrected chi connectivity index (χ0v) is 19.4. The largest absolute Gasteiger partial charge is 0.337 e. The molecule has 9 nitrogen and oxygen atoms in total. The van der Waals surface area contributed by atoms with Gasteiger partial charge in [0.1, 0.15) is 5.02 Å². The van der Waals surface area contributed by atoms with E-state index in [0.29, 0.717) is 21.7 Å². The van der Waals surface area contributed by atoms with Gasteiger partial charge < -0.3 is 5.32 Å². The van der Waals surface area contributed by atoms with E-state index >= 15 is 0 Å². The number of rotatable bonds is 6. The molecule has 13 heteroatoms. The molecule has 4 rings (SSSR count). The molecule has 0 fully saturated rings. The second-order valence-corrected chi connectivity index (χ2v) is 9.54. The number of hydrogen-bond acceptors (Lipinski definition) is 7. The van der Waals surface area contributed by atoms with Crippen molar-refractivity contribution in [2.24, 2.45) is 0 Å². The number of nitrogens with zero attached hydrogens (tertiary/aromatic N) is 3. The lowest BCUT2D eigenvalue weighted by Gasteiger charge is -2.14. The summed E-state index contributed by atoms with van der Waals surface area (Å²) in [4.78, 5) is 18.8. The Kier molecular flexibility index (Phi) is 6.26. The highest BCUT2D eigenvalue weighted by Crippen LogP contribution is 2.32. The van der Waals surface area contributed by atoms with E-state index in [1.165, 1.54) is 0 Å². The zero-order valence-electron chi connectivity index (χ0n) is 16.3. The molecule has 0 bridgehead atoms. The van der Waals surface area contributed by atoms with Gasteiger partial charge in [-0.3, -0.25) is 14.8 Å². The van der Waals surface area contributed by atoms with E-state index in [-0.39, 0.29) is 26.6 Å². The number of para-hydroxylation sites is 2. The maximum Gasteiger partial charge on any atom is 0.289 e. The average Bonchev–Trinajstić information content (AvgIpc) is 2.76. The minimum absolute atomic E-state index is 0.0825. The van der Waals surface area contributed by atoms with Crippen LogP contribution in [-0.2, 0) is 10.0 Å². The lowest BCUT2D eigenvalue weighted by atomic mass is 10.3. The van der Waals surface area contributed by atoms with Gasteiger partial charge in [0.25, 0.3) is 15.7 Å². The number of fused-ring (bicyclic) bond motifs is 1. The summed E-state index contributed by atoms with van der Waals surface area (Å²) in [6.07, 6.45) is 0. The van der Waals surface area contributed by atoms with Gasteiger partial charge in [0, 0.05) is 11.8 Å². The van der Waals surface area contributed by atoms with E-state index in [0.717, 1.165) is 18.2 Å². The first-order valence-corrected chi connectivity index (χ1v) is 11.7. The van der Waals surface area contributed by atoms with Crippen LogP contribution in [0.2, 0.25) is 15.1 Å². The van der Waals surface area contributed by atoms with Gasteiger partial charge in [-0.2, -0.15) is 0 Å². The van der Waals surface area contributed by atoms with Crippen LogP contribution in [0.4, 0.5) is 23.0 Å².